The van der Waals surface area contributed by atoms with Crippen LogP contribution in [0, 0.1) is 6.92 Å². The molecule has 4 rings (SSSR count). The standard InChI is InChI=1S/C28H29N3O4/c1-4-12-34-22-14-20(15-23(17-22)35-13-5-2)25-11-10-24(28(33)31-25)27(32)30-21-9-8-19-7-6-18(3)29-26(19)16-21/h6-11,14-17H,4-5,12-13H2,1-3H3,(H,30,32)(H,31,33). The number of amides is 1. The van der Waals surface area contributed by atoms with E-state index in [1.165, 1.54) is 6.07 Å². The summed E-state index contributed by atoms with van der Waals surface area (Å²) in [6.07, 6.45) is 1.76. The van der Waals surface area contributed by atoms with E-state index < -0.39 is 11.5 Å². The molecule has 2 heterocycles. The molecular weight excluding hydrogens is 442 g/mol. The SMILES string of the molecule is CCCOc1cc(OCCC)cc(-c2ccc(C(=O)Nc3ccc4ccc(C)nc4c3)c(=O)[nH]2)c1. The number of aryl methyl sites for hydroxylation is 1. The Labute approximate surface area is 204 Å². The molecule has 0 spiro atoms. The minimum Gasteiger partial charge on any atom is -0.493 e. The maximum Gasteiger partial charge on any atom is 0.261 e. The largest absolute Gasteiger partial charge is 0.493 e. The molecule has 0 atom stereocenters. The van der Waals surface area contributed by atoms with Crippen molar-refractivity contribution in [1.82, 2.24) is 9.97 Å². The Balaban J connectivity index is 1.58. The number of aromatic nitrogens is 2. The summed E-state index contributed by atoms with van der Waals surface area (Å²) in [5, 5.41) is 3.77. The summed E-state index contributed by atoms with van der Waals surface area (Å²) in [6.45, 7) is 7.15. The summed E-state index contributed by atoms with van der Waals surface area (Å²) >= 11 is 0. The Morgan fingerprint density at radius 1 is 0.914 bits per heavy atom. The molecule has 0 saturated carbocycles. The summed E-state index contributed by atoms with van der Waals surface area (Å²) in [6, 6.07) is 18.2. The number of anilines is 1. The number of ether oxygens (including phenoxy) is 2. The molecule has 2 aromatic carbocycles. The molecule has 0 radical (unpaired) electrons. The van der Waals surface area contributed by atoms with Gasteiger partial charge in [0.2, 0.25) is 0 Å². The second kappa shape index (κ2) is 10.9. The van der Waals surface area contributed by atoms with E-state index in [1.54, 1.807) is 18.2 Å². The number of hydrogen-bond donors (Lipinski definition) is 2. The molecule has 0 bridgehead atoms. The van der Waals surface area contributed by atoms with Gasteiger partial charge in [0, 0.05) is 34.1 Å². The van der Waals surface area contributed by atoms with Gasteiger partial charge in [-0.3, -0.25) is 14.6 Å². The third-order valence-electron chi connectivity index (χ3n) is 5.38. The van der Waals surface area contributed by atoms with Crippen molar-refractivity contribution in [3.63, 3.8) is 0 Å². The van der Waals surface area contributed by atoms with Crippen molar-refractivity contribution in [3.05, 3.63) is 82.3 Å². The maximum atomic E-state index is 12.8. The third-order valence-corrected chi connectivity index (χ3v) is 5.38. The molecule has 0 fully saturated rings. The number of fused-ring (bicyclic) bond motifs is 1. The highest BCUT2D eigenvalue weighted by Gasteiger charge is 2.14. The van der Waals surface area contributed by atoms with Crippen molar-refractivity contribution in [2.45, 2.75) is 33.6 Å². The second-order valence-corrected chi connectivity index (χ2v) is 8.32. The highest BCUT2D eigenvalue weighted by Crippen LogP contribution is 2.29. The highest BCUT2D eigenvalue weighted by molar-refractivity contribution is 6.05. The smallest absolute Gasteiger partial charge is 0.261 e. The van der Waals surface area contributed by atoms with Crippen LogP contribution < -0.4 is 20.3 Å². The number of pyridine rings is 2. The molecule has 2 aromatic heterocycles. The number of aromatic amines is 1. The normalized spacial score (nSPS) is 10.8. The fourth-order valence-electron chi connectivity index (χ4n) is 3.65. The number of hydrogen-bond acceptors (Lipinski definition) is 5. The van der Waals surface area contributed by atoms with Gasteiger partial charge in [-0.05, 0) is 62.2 Å². The molecule has 2 N–H and O–H groups in total. The Kier molecular flexibility index (Phi) is 7.45. The molecule has 1 amide bonds. The Morgan fingerprint density at radius 3 is 2.26 bits per heavy atom. The van der Waals surface area contributed by atoms with Crippen LogP contribution in [0.25, 0.3) is 22.2 Å². The number of carbonyl (C=O) groups is 1. The van der Waals surface area contributed by atoms with Gasteiger partial charge in [0.25, 0.3) is 11.5 Å². The van der Waals surface area contributed by atoms with Gasteiger partial charge >= 0.3 is 0 Å². The van der Waals surface area contributed by atoms with Crippen LogP contribution in [0.5, 0.6) is 11.5 Å². The van der Waals surface area contributed by atoms with E-state index in [2.05, 4.69) is 15.3 Å². The number of rotatable bonds is 9. The fourth-order valence-corrected chi connectivity index (χ4v) is 3.65. The molecule has 0 aliphatic heterocycles. The zero-order chi connectivity index (χ0) is 24.8. The highest BCUT2D eigenvalue weighted by atomic mass is 16.5. The van der Waals surface area contributed by atoms with E-state index in [-0.39, 0.29) is 5.56 Å². The molecule has 7 nitrogen and oxygen atoms in total. The minimum absolute atomic E-state index is 0.0203. The molecular formula is C28H29N3O4. The molecule has 0 aliphatic carbocycles. The molecule has 7 heteroatoms. The van der Waals surface area contributed by atoms with E-state index in [9.17, 15) is 9.59 Å². The third kappa shape index (κ3) is 5.87. The van der Waals surface area contributed by atoms with Gasteiger partial charge in [0.05, 0.1) is 18.7 Å². The fraction of sp³-hybridized carbons (Fsp3) is 0.250. The van der Waals surface area contributed by atoms with Crippen molar-refractivity contribution < 1.29 is 14.3 Å². The molecule has 35 heavy (non-hydrogen) atoms. The molecule has 180 valence electrons. The number of benzene rings is 2. The first-order valence-corrected chi connectivity index (χ1v) is 11.8. The average Bonchev–Trinajstić information content (AvgIpc) is 2.85. The van der Waals surface area contributed by atoms with E-state index in [1.807, 2.05) is 57.2 Å². The van der Waals surface area contributed by atoms with Gasteiger partial charge in [-0.25, -0.2) is 0 Å². The van der Waals surface area contributed by atoms with Crippen molar-refractivity contribution in [1.29, 1.82) is 0 Å². The zero-order valence-electron chi connectivity index (χ0n) is 20.2. The van der Waals surface area contributed by atoms with E-state index in [4.69, 9.17) is 9.47 Å². The molecule has 4 aromatic rings. The van der Waals surface area contributed by atoms with Crippen LogP contribution in [0.2, 0.25) is 0 Å². The van der Waals surface area contributed by atoms with Gasteiger partial charge in [-0.1, -0.05) is 26.0 Å². The number of nitrogens with zero attached hydrogens (tertiary/aromatic N) is 1. The summed E-state index contributed by atoms with van der Waals surface area (Å²) in [7, 11) is 0. The maximum absolute atomic E-state index is 12.8. The van der Waals surface area contributed by atoms with Gasteiger partial charge in [-0.15, -0.1) is 0 Å². The summed E-state index contributed by atoms with van der Waals surface area (Å²) in [5.41, 5.74) is 3.09. The predicted octanol–water partition coefficient (Wildman–Crippen LogP) is 5.73. The van der Waals surface area contributed by atoms with Crippen LogP contribution in [-0.2, 0) is 0 Å². The lowest BCUT2D eigenvalue weighted by molar-refractivity contribution is 0.102. The lowest BCUT2D eigenvalue weighted by Gasteiger charge is -2.12. The minimum atomic E-state index is -0.489. The number of H-pyrrole nitrogens is 1. The average molecular weight is 472 g/mol. The lowest BCUT2D eigenvalue weighted by atomic mass is 10.1. The van der Waals surface area contributed by atoms with Crippen LogP contribution in [0.3, 0.4) is 0 Å². The first kappa shape index (κ1) is 24.0. The van der Waals surface area contributed by atoms with Gasteiger partial charge in [0.1, 0.15) is 17.1 Å². The van der Waals surface area contributed by atoms with Gasteiger partial charge < -0.3 is 19.8 Å². The Hall–Kier alpha value is -4.13. The van der Waals surface area contributed by atoms with Gasteiger partial charge in [0.15, 0.2) is 0 Å². The Morgan fingerprint density at radius 2 is 1.60 bits per heavy atom. The van der Waals surface area contributed by atoms with Crippen LogP contribution in [0.1, 0.15) is 42.7 Å². The first-order valence-electron chi connectivity index (χ1n) is 11.8. The van der Waals surface area contributed by atoms with Crippen molar-refractivity contribution in [2.24, 2.45) is 0 Å². The predicted molar refractivity (Wildman–Crippen MR) is 139 cm³/mol. The number of nitrogens with one attached hydrogen (secondary N) is 2. The first-order chi connectivity index (χ1) is 17.0. The van der Waals surface area contributed by atoms with E-state index >= 15 is 0 Å². The topological polar surface area (TPSA) is 93.3 Å². The summed E-state index contributed by atoms with van der Waals surface area (Å²) < 4.78 is 11.6. The Bertz CT molecular complexity index is 1380. The van der Waals surface area contributed by atoms with Crippen LogP contribution in [-0.4, -0.2) is 29.1 Å². The van der Waals surface area contributed by atoms with Crippen molar-refractivity contribution in [3.8, 4) is 22.8 Å². The second-order valence-electron chi connectivity index (χ2n) is 8.32. The molecule has 0 saturated heterocycles. The van der Waals surface area contributed by atoms with E-state index in [0.29, 0.717) is 36.1 Å². The quantitative estimate of drug-likeness (QED) is 0.325. The zero-order valence-corrected chi connectivity index (χ0v) is 20.2. The monoisotopic (exact) mass is 471 g/mol. The summed E-state index contributed by atoms with van der Waals surface area (Å²) in [5.74, 6) is 0.841. The van der Waals surface area contributed by atoms with Crippen LogP contribution in [0.15, 0.2) is 65.5 Å². The molecule has 0 unspecified atom stereocenters. The van der Waals surface area contributed by atoms with Crippen LogP contribution in [0.4, 0.5) is 5.69 Å². The van der Waals surface area contributed by atoms with E-state index in [0.717, 1.165) is 35.0 Å². The van der Waals surface area contributed by atoms with Crippen molar-refractivity contribution >= 4 is 22.5 Å². The summed E-state index contributed by atoms with van der Waals surface area (Å²) in [4.78, 5) is 33.0. The molecule has 0 aliphatic rings. The lowest BCUT2D eigenvalue weighted by Crippen LogP contribution is -2.23. The number of carbonyl (C=O) groups excluding carboxylic acids is 1. The van der Waals surface area contributed by atoms with Gasteiger partial charge in [-0.2, -0.15) is 0 Å². The van der Waals surface area contributed by atoms with Crippen LogP contribution >= 0.6 is 0 Å². The van der Waals surface area contributed by atoms with Crippen molar-refractivity contribution in [2.75, 3.05) is 18.5 Å².